The number of amides is 1. The Kier molecular flexibility index (Phi) is 4.80. The molecule has 0 spiro atoms. The predicted octanol–water partition coefficient (Wildman–Crippen LogP) is 3.27. The minimum Gasteiger partial charge on any atom is -0.334 e. The molecule has 3 aromatic rings. The average Bonchev–Trinajstić information content (AvgIpc) is 2.66. The fourth-order valence-corrected chi connectivity index (χ4v) is 4.17. The monoisotopic (exact) mass is 412 g/mol. The standard InChI is InChI=1S/C19H16N4O3S2/c20-28(25,26)14-7-3-6-13(10-14)21-17(24)11-27-19-22-15-8-1-4-12-5-2-9-16(23-19)18(12)15/h1-10H,11H2,(H,21,24)(H,22,23)(H2,20,25,26). The first-order valence-electron chi connectivity index (χ1n) is 8.33. The zero-order valence-electron chi connectivity index (χ0n) is 14.5. The highest BCUT2D eigenvalue weighted by Gasteiger charge is 2.16. The lowest BCUT2D eigenvalue weighted by atomic mass is 10.1. The zero-order valence-corrected chi connectivity index (χ0v) is 16.2. The molecule has 1 heterocycles. The van der Waals surface area contributed by atoms with Crippen LogP contribution in [0.2, 0.25) is 0 Å². The lowest BCUT2D eigenvalue weighted by Gasteiger charge is -2.18. The van der Waals surface area contributed by atoms with Gasteiger partial charge in [-0.25, -0.2) is 18.5 Å². The minimum atomic E-state index is -3.82. The van der Waals surface area contributed by atoms with E-state index in [1.165, 1.54) is 30.0 Å². The number of aliphatic imine (C=N–C) groups is 1. The summed E-state index contributed by atoms with van der Waals surface area (Å²) in [6.07, 6.45) is 0. The molecule has 0 unspecified atom stereocenters. The molecule has 0 aromatic heterocycles. The summed E-state index contributed by atoms with van der Waals surface area (Å²) in [5.41, 5.74) is 2.17. The minimum absolute atomic E-state index is 0.0547. The van der Waals surface area contributed by atoms with Gasteiger partial charge in [-0.1, -0.05) is 42.1 Å². The van der Waals surface area contributed by atoms with E-state index in [9.17, 15) is 13.2 Å². The third-order valence-corrected chi connectivity index (χ3v) is 5.92. The fourth-order valence-electron chi connectivity index (χ4n) is 2.92. The van der Waals surface area contributed by atoms with Gasteiger partial charge in [0.05, 0.1) is 22.0 Å². The third-order valence-electron chi connectivity index (χ3n) is 4.13. The molecule has 3 aromatic carbocycles. The molecule has 4 N–H and O–H groups in total. The molecular formula is C19H16N4O3S2. The molecule has 28 heavy (non-hydrogen) atoms. The van der Waals surface area contributed by atoms with Crippen molar-refractivity contribution in [1.82, 2.24) is 0 Å². The van der Waals surface area contributed by atoms with E-state index >= 15 is 0 Å². The number of sulfonamides is 1. The van der Waals surface area contributed by atoms with Crippen LogP contribution < -0.4 is 15.8 Å². The van der Waals surface area contributed by atoms with Gasteiger partial charge in [0, 0.05) is 11.1 Å². The smallest absolute Gasteiger partial charge is 0.238 e. The summed E-state index contributed by atoms with van der Waals surface area (Å²) >= 11 is 1.27. The number of amidine groups is 1. The highest BCUT2D eigenvalue weighted by molar-refractivity contribution is 8.14. The largest absolute Gasteiger partial charge is 0.334 e. The molecule has 0 atom stereocenters. The van der Waals surface area contributed by atoms with E-state index in [1.54, 1.807) is 6.07 Å². The van der Waals surface area contributed by atoms with Crippen molar-refractivity contribution in [2.24, 2.45) is 10.1 Å². The highest BCUT2D eigenvalue weighted by Crippen LogP contribution is 2.36. The molecule has 0 bridgehead atoms. The van der Waals surface area contributed by atoms with Crippen molar-refractivity contribution in [3.05, 3.63) is 60.7 Å². The number of nitrogens with zero attached hydrogens (tertiary/aromatic N) is 1. The lowest BCUT2D eigenvalue weighted by molar-refractivity contribution is -0.113. The maximum absolute atomic E-state index is 12.3. The van der Waals surface area contributed by atoms with Gasteiger partial charge in [-0.15, -0.1) is 0 Å². The summed E-state index contributed by atoms with van der Waals surface area (Å²) in [7, 11) is -3.82. The Balaban J connectivity index is 1.45. The predicted molar refractivity (Wildman–Crippen MR) is 114 cm³/mol. The molecule has 0 radical (unpaired) electrons. The maximum atomic E-state index is 12.3. The van der Waals surface area contributed by atoms with E-state index in [1.807, 2.05) is 36.4 Å². The second-order valence-electron chi connectivity index (χ2n) is 6.13. The number of benzene rings is 3. The number of carbonyl (C=O) groups is 1. The normalized spacial score (nSPS) is 13.0. The summed E-state index contributed by atoms with van der Waals surface area (Å²) < 4.78 is 22.8. The Hall–Kier alpha value is -2.88. The molecule has 9 heteroatoms. The van der Waals surface area contributed by atoms with E-state index in [2.05, 4.69) is 15.6 Å². The number of nitrogens with one attached hydrogen (secondary N) is 2. The van der Waals surface area contributed by atoms with E-state index in [0.717, 1.165) is 22.1 Å². The van der Waals surface area contributed by atoms with Gasteiger partial charge >= 0.3 is 0 Å². The summed E-state index contributed by atoms with van der Waals surface area (Å²) in [5.74, 6) is -0.165. The molecule has 4 rings (SSSR count). The first-order valence-corrected chi connectivity index (χ1v) is 10.9. The number of hydrogen-bond donors (Lipinski definition) is 3. The molecular weight excluding hydrogens is 396 g/mol. The first-order chi connectivity index (χ1) is 13.4. The summed E-state index contributed by atoms with van der Waals surface area (Å²) in [6, 6.07) is 17.7. The van der Waals surface area contributed by atoms with Gasteiger partial charge < -0.3 is 10.6 Å². The summed E-state index contributed by atoms with van der Waals surface area (Å²) in [4.78, 5) is 16.8. The zero-order chi connectivity index (χ0) is 19.7. The van der Waals surface area contributed by atoms with Crippen molar-refractivity contribution in [3.63, 3.8) is 0 Å². The molecule has 1 aliphatic rings. The van der Waals surface area contributed by atoms with Gasteiger partial charge in [0.1, 0.15) is 0 Å². The molecule has 142 valence electrons. The second-order valence-corrected chi connectivity index (χ2v) is 8.66. The summed E-state index contributed by atoms with van der Waals surface area (Å²) in [5, 5.41) is 13.8. The van der Waals surface area contributed by atoms with E-state index < -0.39 is 10.0 Å². The molecule has 0 saturated heterocycles. The number of hydrogen-bond acceptors (Lipinski definition) is 6. The molecule has 0 fully saturated rings. The van der Waals surface area contributed by atoms with Crippen LogP contribution in [-0.4, -0.2) is 25.2 Å². The molecule has 7 nitrogen and oxygen atoms in total. The average molecular weight is 412 g/mol. The van der Waals surface area contributed by atoms with Crippen molar-refractivity contribution in [1.29, 1.82) is 0 Å². The van der Waals surface area contributed by atoms with E-state index in [0.29, 0.717) is 10.9 Å². The molecule has 0 saturated carbocycles. The summed E-state index contributed by atoms with van der Waals surface area (Å²) in [6.45, 7) is 0. The van der Waals surface area contributed by atoms with Gasteiger partial charge in [-0.3, -0.25) is 4.79 Å². The van der Waals surface area contributed by atoms with Gasteiger partial charge in [-0.2, -0.15) is 0 Å². The Bertz CT molecular complexity index is 1220. The van der Waals surface area contributed by atoms with Gasteiger partial charge in [-0.05, 0) is 35.7 Å². The van der Waals surface area contributed by atoms with Crippen LogP contribution in [0.3, 0.4) is 0 Å². The lowest BCUT2D eigenvalue weighted by Crippen LogP contribution is -2.19. The van der Waals surface area contributed by atoms with Crippen LogP contribution in [0.15, 0.2) is 70.6 Å². The van der Waals surface area contributed by atoms with Crippen molar-refractivity contribution in [2.75, 3.05) is 16.4 Å². The Morgan fingerprint density at radius 1 is 1.11 bits per heavy atom. The third kappa shape index (κ3) is 3.86. The van der Waals surface area contributed by atoms with Crippen LogP contribution in [0.25, 0.3) is 10.8 Å². The van der Waals surface area contributed by atoms with Crippen molar-refractivity contribution in [3.8, 4) is 0 Å². The Morgan fingerprint density at radius 3 is 2.64 bits per heavy atom. The van der Waals surface area contributed by atoms with E-state index in [4.69, 9.17) is 5.14 Å². The molecule has 0 aliphatic carbocycles. The van der Waals surface area contributed by atoms with Crippen molar-refractivity contribution in [2.45, 2.75) is 4.90 Å². The first kappa shape index (κ1) is 18.5. The van der Waals surface area contributed by atoms with Crippen LogP contribution in [0.1, 0.15) is 0 Å². The van der Waals surface area contributed by atoms with Gasteiger partial charge in [0.2, 0.25) is 15.9 Å². The second kappa shape index (κ2) is 7.27. The fraction of sp³-hybridized carbons (Fsp3) is 0.0526. The highest BCUT2D eigenvalue weighted by atomic mass is 32.2. The topological polar surface area (TPSA) is 114 Å². The number of primary sulfonamides is 1. The quantitative estimate of drug-likeness (QED) is 0.609. The number of thioether (sulfide) groups is 1. The van der Waals surface area contributed by atoms with Crippen LogP contribution >= 0.6 is 11.8 Å². The van der Waals surface area contributed by atoms with Crippen LogP contribution in [0, 0.1) is 0 Å². The van der Waals surface area contributed by atoms with E-state index in [-0.39, 0.29) is 16.6 Å². The number of nitrogens with two attached hydrogens (primary N) is 1. The van der Waals surface area contributed by atoms with Gasteiger partial charge in [0.15, 0.2) is 5.17 Å². The maximum Gasteiger partial charge on any atom is 0.238 e. The number of carbonyl (C=O) groups excluding carboxylic acids is 1. The number of anilines is 2. The SMILES string of the molecule is NS(=O)(=O)c1cccc(NC(=O)CSC2=Nc3cccc4cccc(c34)N2)c1. The molecule has 1 amide bonds. The van der Waals surface area contributed by atoms with Crippen molar-refractivity contribution < 1.29 is 13.2 Å². The van der Waals surface area contributed by atoms with Crippen molar-refractivity contribution >= 4 is 60.7 Å². The number of rotatable bonds is 4. The van der Waals surface area contributed by atoms with Crippen LogP contribution in [0.4, 0.5) is 17.1 Å². The van der Waals surface area contributed by atoms with Crippen LogP contribution in [-0.2, 0) is 14.8 Å². The van der Waals surface area contributed by atoms with Gasteiger partial charge in [0.25, 0.3) is 0 Å². The molecule has 1 aliphatic heterocycles. The van der Waals surface area contributed by atoms with Crippen LogP contribution in [0.5, 0.6) is 0 Å². The Morgan fingerprint density at radius 2 is 1.86 bits per heavy atom. The Labute approximate surface area is 166 Å².